The van der Waals surface area contributed by atoms with Gasteiger partial charge in [-0.2, -0.15) is 0 Å². The van der Waals surface area contributed by atoms with E-state index in [2.05, 4.69) is 0 Å². The van der Waals surface area contributed by atoms with Crippen molar-refractivity contribution in [3.05, 3.63) is 29.3 Å². The first-order chi connectivity index (χ1) is 7.97. The first-order valence-electron chi connectivity index (χ1n) is 5.53. The fourth-order valence-corrected chi connectivity index (χ4v) is 1.62. The summed E-state index contributed by atoms with van der Waals surface area (Å²) in [4.78, 5) is 22.2. The Kier molecular flexibility index (Phi) is 4.26. The second-order valence-electron chi connectivity index (χ2n) is 3.94. The Morgan fingerprint density at radius 1 is 1.35 bits per heavy atom. The van der Waals surface area contributed by atoms with Crippen LogP contribution in [0.15, 0.2) is 18.2 Å². The molecule has 1 N–H and O–H groups in total. The van der Waals surface area contributed by atoms with Crippen LogP contribution in [-0.4, -0.2) is 23.0 Å². The molecule has 17 heavy (non-hydrogen) atoms. The quantitative estimate of drug-likeness (QED) is 0.629. The van der Waals surface area contributed by atoms with E-state index < -0.39 is 11.8 Å². The predicted octanol–water partition coefficient (Wildman–Crippen LogP) is 2.30. The van der Waals surface area contributed by atoms with Crippen LogP contribution in [0.2, 0.25) is 0 Å². The second kappa shape index (κ2) is 5.48. The molecule has 0 fully saturated rings. The van der Waals surface area contributed by atoms with Gasteiger partial charge in [-0.3, -0.25) is 4.79 Å². The minimum absolute atomic E-state index is 0.0181. The van der Waals surface area contributed by atoms with E-state index in [9.17, 15) is 9.59 Å². The van der Waals surface area contributed by atoms with Crippen molar-refractivity contribution in [3.8, 4) is 5.75 Å². The largest absolute Gasteiger partial charge is 0.491 e. The van der Waals surface area contributed by atoms with E-state index in [1.54, 1.807) is 12.1 Å². The van der Waals surface area contributed by atoms with Crippen LogP contribution in [0.5, 0.6) is 5.75 Å². The number of ether oxygens (including phenoxy) is 1. The highest BCUT2D eigenvalue weighted by Crippen LogP contribution is 2.24. The zero-order valence-electron chi connectivity index (χ0n) is 10.2. The molecule has 0 radical (unpaired) electrons. The summed E-state index contributed by atoms with van der Waals surface area (Å²) in [5, 5.41) is 8.74. The molecule has 0 aliphatic heterocycles. The minimum Gasteiger partial charge on any atom is -0.491 e. The summed E-state index contributed by atoms with van der Waals surface area (Å²) in [6, 6.07) is 4.90. The smallest absolute Gasteiger partial charge is 0.377 e. The third-order valence-electron chi connectivity index (χ3n) is 2.29. The summed E-state index contributed by atoms with van der Waals surface area (Å²) < 4.78 is 5.56. The molecule has 0 aliphatic rings. The third-order valence-corrected chi connectivity index (χ3v) is 2.29. The number of carboxylic acid groups (broad SMARTS) is 1. The van der Waals surface area contributed by atoms with Gasteiger partial charge in [0.2, 0.25) is 0 Å². The Morgan fingerprint density at radius 3 is 2.47 bits per heavy atom. The number of benzene rings is 1. The summed E-state index contributed by atoms with van der Waals surface area (Å²) in [7, 11) is 0. The minimum atomic E-state index is -1.44. The SMILES string of the molecule is CCc1c(OC(C)C)cccc1C(=O)C(=O)O. The van der Waals surface area contributed by atoms with E-state index in [4.69, 9.17) is 9.84 Å². The van der Waals surface area contributed by atoms with E-state index in [0.717, 1.165) is 0 Å². The van der Waals surface area contributed by atoms with Crippen LogP contribution in [0, 0.1) is 0 Å². The van der Waals surface area contributed by atoms with Crippen LogP contribution >= 0.6 is 0 Å². The maximum atomic E-state index is 11.5. The van der Waals surface area contributed by atoms with Crippen molar-refractivity contribution in [2.24, 2.45) is 0 Å². The number of rotatable bonds is 5. The average molecular weight is 236 g/mol. The van der Waals surface area contributed by atoms with Gasteiger partial charge in [0, 0.05) is 11.1 Å². The third kappa shape index (κ3) is 3.06. The molecule has 92 valence electrons. The molecule has 0 aliphatic carbocycles. The van der Waals surface area contributed by atoms with Gasteiger partial charge in [-0.1, -0.05) is 19.1 Å². The standard InChI is InChI=1S/C13H16O4/c1-4-9-10(12(14)13(15)16)6-5-7-11(9)17-8(2)3/h5-8H,4H2,1-3H3,(H,15,16). The maximum absolute atomic E-state index is 11.5. The molecular weight excluding hydrogens is 220 g/mol. The molecule has 1 rings (SSSR count). The first kappa shape index (κ1) is 13.2. The molecule has 0 atom stereocenters. The van der Waals surface area contributed by atoms with Crippen molar-refractivity contribution in [2.45, 2.75) is 33.3 Å². The number of aliphatic carboxylic acids is 1. The van der Waals surface area contributed by atoms with E-state index in [1.165, 1.54) is 6.07 Å². The Hall–Kier alpha value is -1.84. The lowest BCUT2D eigenvalue weighted by atomic mass is 10.0. The highest BCUT2D eigenvalue weighted by molar-refractivity contribution is 6.40. The fourth-order valence-electron chi connectivity index (χ4n) is 1.62. The number of hydrogen-bond donors (Lipinski definition) is 1. The van der Waals surface area contributed by atoms with E-state index >= 15 is 0 Å². The molecule has 0 heterocycles. The van der Waals surface area contributed by atoms with Crippen LogP contribution in [-0.2, 0) is 11.2 Å². The van der Waals surface area contributed by atoms with Crippen molar-refractivity contribution >= 4 is 11.8 Å². The molecule has 1 aromatic carbocycles. The topological polar surface area (TPSA) is 63.6 Å². The molecule has 0 saturated carbocycles. The Labute approximate surface area is 100 Å². The fraction of sp³-hybridized carbons (Fsp3) is 0.385. The van der Waals surface area contributed by atoms with E-state index in [1.807, 2.05) is 20.8 Å². The summed E-state index contributed by atoms with van der Waals surface area (Å²) in [6.45, 7) is 5.62. The van der Waals surface area contributed by atoms with Crippen LogP contribution in [0.3, 0.4) is 0 Å². The van der Waals surface area contributed by atoms with Crippen molar-refractivity contribution in [3.63, 3.8) is 0 Å². The lowest BCUT2D eigenvalue weighted by molar-refractivity contribution is -0.131. The van der Waals surface area contributed by atoms with Crippen LogP contribution < -0.4 is 4.74 Å². The first-order valence-corrected chi connectivity index (χ1v) is 5.53. The summed E-state index contributed by atoms with van der Waals surface area (Å²) in [5.74, 6) is -1.76. The Morgan fingerprint density at radius 2 is 2.00 bits per heavy atom. The lowest BCUT2D eigenvalue weighted by Gasteiger charge is -2.15. The number of ketones is 1. The van der Waals surface area contributed by atoms with Gasteiger partial charge in [0.25, 0.3) is 5.78 Å². The molecule has 0 bridgehead atoms. The van der Waals surface area contributed by atoms with Crippen LogP contribution in [0.1, 0.15) is 36.7 Å². The molecule has 0 aromatic heterocycles. The number of carboxylic acids is 1. The van der Waals surface area contributed by atoms with Crippen molar-refractivity contribution in [1.82, 2.24) is 0 Å². The molecule has 0 saturated heterocycles. The zero-order valence-corrected chi connectivity index (χ0v) is 10.2. The normalized spacial score (nSPS) is 10.4. The van der Waals surface area contributed by atoms with Gasteiger partial charge in [0.15, 0.2) is 0 Å². The number of Topliss-reactive ketones (excluding diaryl/α,β-unsaturated/α-hetero) is 1. The van der Waals surface area contributed by atoms with Crippen molar-refractivity contribution < 1.29 is 19.4 Å². The van der Waals surface area contributed by atoms with E-state index in [-0.39, 0.29) is 11.7 Å². The van der Waals surface area contributed by atoms with Gasteiger partial charge < -0.3 is 9.84 Å². The van der Waals surface area contributed by atoms with Gasteiger partial charge in [0.05, 0.1) is 6.10 Å². The number of carbonyl (C=O) groups is 2. The molecule has 0 amide bonds. The van der Waals surface area contributed by atoms with Gasteiger partial charge >= 0.3 is 5.97 Å². The maximum Gasteiger partial charge on any atom is 0.377 e. The van der Waals surface area contributed by atoms with Gasteiger partial charge in [-0.05, 0) is 26.3 Å². The summed E-state index contributed by atoms with van der Waals surface area (Å²) in [5.41, 5.74) is 0.853. The monoisotopic (exact) mass is 236 g/mol. The van der Waals surface area contributed by atoms with Gasteiger partial charge in [0.1, 0.15) is 5.75 Å². The highest BCUT2D eigenvalue weighted by atomic mass is 16.5. The summed E-state index contributed by atoms with van der Waals surface area (Å²) in [6.07, 6.45) is 0.535. The zero-order chi connectivity index (χ0) is 13.0. The molecular formula is C13H16O4. The molecule has 4 nitrogen and oxygen atoms in total. The summed E-state index contributed by atoms with van der Waals surface area (Å²) >= 11 is 0. The van der Waals surface area contributed by atoms with Crippen LogP contribution in [0.4, 0.5) is 0 Å². The second-order valence-corrected chi connectivity index (χ2v) is 3.94. The molecule has 0 unspecified atom stereocenters. The van der Waals surface area contributed by atoms with Crippen molar-refractivity contribution in [1.29, 1.82) is 0 Å². The molecule has 4 heteroatoms. The Bertz CT molecular complexity index is 435. The van der Waals surface area contributed by atoms with Crippen molar-refractivity contribution in [2.75, 3.05) is 0 Å². The Balaban J connectivity index is 3.23. The average Bonchev–Trinajstić information content (AvgIpc) is 2.26. The molecule has 0 spiro atoms. The van der Waals surface area contributed by atoms with Crippen LogP contribution in [0.25, 0.3) is 0 Å². The molecule has 1 aromatic rings. The lowest BCUT2D eigenvalue weighted by Crippen LogP contribution is -2.16. The highest BCUT2D eigenvalue weighted by Gasteiger charge is 2.20. The number of carbonyl (C=O) groups excluding carboxylic acids is 1. The predicted molar refractivity (Wildman–Crippen MR) is 63.6 cm³/mol. The van der Waals surface area contributed by atoms with E-state index in [0.29, 0.717) is 17.7 Å². The van der Waals surface area contributed by atoms with Gasteiger partial charge in [-0.15, -0.1) is 0 Å². The number of hydrogen-bond acceptors (Lipinski definition) is 3. The van der Waals surface area contributed by atoms with Gasteiger partial charge in [-0.25, -0.2) is 4.79 Å².